The topological polar surface area (TPSA) is 76.4 Å². The number of hydrogen-bond donors (Lipinski definition) is 2. The third-order valence-corrected chi connectivity index (χ3v) is 5.81. The van der Waals surface area contributed by atoms with Gasteiger partial charge in [0.25, 0.3) is 5.91 Å². The van der Waals surface area contributed by atoms with Gasteiger partial charge in [-0.05, 0) is 62.7 Å². The summed E-state index contributed by atoms with van der Waals surface area (Å²) in [6.07, 6.45) is -3.50. The van der Waals surface area contributed by atoms with Crippen molar-refractivity contribution in [3.05, 3.63) is 65.2 Å². The molecule has 2 aromatic rings. The molecule has 2 N–H and O–H groups in total. The Bertz CT molecular complexity index is 964. The van der Waals surface area contributed by atoms with Crippen LogP contribution in [0.25, 0.3) is 0 Å². The molecule has 1 amide bonds. The van der Waals surface area contributed by atoms with Gasteiger partial charge in [-0.15, -0.1) is 0 Å². The number of rotatable bonds is 5. The summed E-state index contributed by atoms with van der Waals surface area (Å²) >= 11 is 0. The standard InChI is InChI=1S/C23H24F3N3O2/c1-29-11-9-18(10-12-29)22(31,14-16-5-3-2-4-6-16)21(30)28-19-8-7-17(15-27)20(13-19)23(24,25)26/h2-8,13,18,31H,9-12,14H2,1H3,(H,28,30). The van der Waals surface area contributed by atoms with Crippen LogP contribution in [0.2, 0.25) is 0 Å². The number of halogens is 3. The SMILES string of the molecule is CN1CCC(C(O)(Cc2ccccc2)C(=O)Nc2ccc(C#N)c(C(F)(F)F)c2)CC1. The molecule has 1 aliphatic rings. The van der Waals surface area contributed by atoms with E-state index in [2.05, 4.69) is 10.2 Å². The summed E-state index contributed by atoms with van der Waals surface area (Å²) < 4.78 is 39.9. The molecule has 0 aromatic heterocycles. The predicted octanol–water partition coefficient (Wildman–Crippen LogP) is 3.83. The first-order valence-corrected chi connectivity index (χ1v) is 10.0. The minimum absolute atomic E-state index is 0.0520. The molecule has 0 spiro atoms. The molecule has 2 aromatic carbocycles. The molecular formula is C23H24F3N3O2. The Morgan fingerprint density at radius 1 is 1.19 bits per heavy atom. The number of carbonyl (C=O) groups excluding carboxylic acids is 1. The molecule has 1 unspecified atom stereocenters. The van der Waals surface area contributed by atoms with Crippen molar-refractivity contribution in [3.8, 4) is 6.07 Å². The Morgan fingerprint density at radius 2 is 1.84 bits per heavy atom. The smallest absolute Gasteiger partial charge is 0.379 e. The molecule has 1 aliphatic heterocycles. The highest BCUT2D eigenvalue weighted by Gasteiger charge is 2.45. The highest BCUT2D eigenvalue weighted by molar-refractivity contribution is 5.97. The Hall–Kier alpha value is -2.89. The fourth-order valence-electron chi connectivity index (χ4n) is 4.00. The van der Waals surface area contributed by atoms with E-state index in [-0.39, 0.29) is 18.0 Å². The molecule has 8 heteroatoms. The molecule has 0 aliphatic carbocycles. The van der Waals surface area contributed by atoms with E-state index in [0.29, 0.717) is 25.9 Å². The zero-order valence-corrected chi connectivity index (χ0v) is 17.1. The molecule has 0 saturated carbocycles. The first-order valence-electron chi connectivity index (χ1n) is 10.0. The summed E-state index contributed by atoms with van der Waals surface area (Å²) in [5.74, 6) is -1.09. The summed E-state index contributed by atoms with van der Waals surface area (Å²) in [5.41, 5.74) is -2.79. The number of anilines is 1. The Kier molecular flexibility index (Phi) is 6.68. The van der Waals surface area contributed by atoms with Crippen molar-refractivity contribution < 1.29 is 23.1 Å². The van der Waals surface area contributed by atoms with Crippen LogP contribution in [0.3, 0.4) is 0 Å². The van der Waals surface area contributed by atoms with Crippen LogP contribution in [-0.4, -0.2) is 41.7 Å². The fraction of sp³-hybridized carbons (Fsp3) is 0.391. The van der Waals surface area contributed by atoms with Gasteiger partial charge >= 0.3 is 6.18 Å². The number of nitriles is 1. The van der Waals surface area contributed by atoms with Gasteiger partial charge in [0.05, 0.1) is 17.2 Å². The summed E-state index contributed by atoms with van der Waals surface area (Å²) in [4.78, 5) is 15.3. The highest BCUT2D eigenvalue weighted by atomic mass is 19.4. The zero-order valence-electron chi connectivity index (χ0n) is 17.1. The van der Waals surface area contributed by atoms with Crippen molar-refractivity contribution in [3.63, 3.8) is 0 Å². The van der Waals surface area contributed by atoms with Crippen LogP contribution in [0.1, 0.15) is 29.5 Å². The van der Waals surface area contributed by atoms with Crippen molar-refractivity contribution in [1.82, 2.24) is 4.90 Å². The second-order valence-electron chi connectivity index (χ2n) is 7.99. The van der Waals surface area contributed by atoms with Crippen molar-refractivity contribution in [1.29, 1.82) is 5.26 Å². The summed E-state index contributed by atoms with van der Waals surface area (Å²) in [6, 6.07) is 13.5. The third-order valence-electron chi connectivity index (χ3n) is 5.81. The maximum absolute atomic E-state index is 13.3. The average molecular weight is 431 g/mol. The van der Waals surface area contributed by atoms with E-state index in [9.17, 15) is 23.1 Å². The van der Waals surface area contributed by atoms with Crippen molar-refractivity contribution in [2.45, 2.75) is 31.0 Å². The molecule has 1 fully saturated rings. The molecule has 1 saturated heterocycles. The number of likely N-dealkylation sites (tertiary alicyclic amines) is 1. The number of alkyl halides is 3. The molecule has 0 bridgehead atoms. The molecule has 5 nitrogen and oxygen atoms in total. The monoisotopic (exact) mass is 431 g/mol. The normalized spacial score (nSPS) is 17.5. The van der Waals surface area contributed by atoms with Gasteiger partial charge in [-0.1, -0.05) is 30.3 Å². The highest BCUT2D eigenvalue weighted by Crippen LogP contribution is 2.35. The van der Waals surface area contributed by atoms with Crippen LogP contribution in [-0.2, 0) is 17.4 Å². The van der Waals surface area contributed by atoms with E-state index in [1.807, 2.05) is 13.1 Å². The quantitative estimate of drug-likeness (QED) is 0.755. The van der Waals surface area contributed by atoms with Gasteiger partial charge in [0.15, 0.2) is 0 Å². The lowest BCUT2D eigenvalue weighted by Gasteiger charge is -2.39. The second-order valence-corrected chi connectivity index (χ2v) is 7.99. The number of aliphatic hydroxyl groups is 1. The van der Waals surface area contributed by atoms with Crippen molar-refractivity contribution in [2.24, 2.45) is 5.92 Å². The van der Waals surface area contributed by atoms with Crippen LogP contribution in [0.15, 0.2) is 48.5 Å². The van der Waals surface area contributed by atoms with Gasteiger partial charge < -0.3 is 15.3 Å². The van der Waals surface area contributed by atoms with Crippen LogP contribution >= 0.6 is 0 Å². The average Bonchev–Trinajstić information content (AvgIpc) is 2.74. The summed E-state index contributed by atoms with van der Waals surface area (Å²) in [5, 5.41) is 23.0. The van der Waals surface area contributed by atoms with Gasteiger partial charge in [-0.25, -0.2) is 0 Å². The molecular weight excluding hydrogens is 407 g/mol. The second kappa shape index (κ2) is 9.08. The Morgan fingerprint density at radius 3 is 2.42 bits per heavy atom. The van der Waals surface area contributed by atoms with Gasteiger partial charge in [-0.2, -0.15) is 18.4 Å². The first-order chi connectivity index (χ1) is 14.6. The summed E-state index contributed by atoms with van der Waals surface area (Å²) in [6.45, 7) is 1.42. The van der Waals surface area contributed by atoms with E-state index in [4.69, 9.17) is 5.26 Å². The van der Waals surface area contributed by atoms with E-state index < -0.39 is 28.8 Å². The Balaban J connectivity index is 1.91. The van der Waals surface area contributed by atoms with Crippen LogP contribution in [0.4, 0.5) is 18.9 Å². The number of amides is 1. The first kappa shape index (κ1) is 22.8. The van der Waals surface area contributed by atoms with E-state index in [0.717, 1.165) is 17.7 Å². The van der Waals surface area contributed by atoms with E-state index >= 15 is 0 Å². The number of hydrogen-bond acceptors (Lipinski definition) is 4. The molecule has 3 rings (SSSR count). The van der Waals surface area contributed by atoms with Crippen LogP contribution < -0.4 is 5.32 Å². The Labute approximate surface area is 179 Å². The maximum Gasteiger partial charge on any atom is 0.417 e. The van der Waals surface area contributed by atoms with E-state index in [1.54, 1.807) is 24.3 Å². The van der Waals surface area contributed by atoms with Gasteiger partial charge in [0, 0.05) is 12.1 Å². The van der Waals surface area contributed by atoms with Crippen LogP contribution in [0.5, 0.6) is 0 Å². The number of benzene rings is 2. The number of piperidine rings is 1. The largest absolute Gasteiger partial charge is 0.417 e. The molecule has 164 valence electrons. The minimum Gasteiger partial charge on any atom is -0.379 e. The minimum atomic E-state index is -4.74. The maximum atomic E-state index is 13.3. The third kappa shape index (κ3) is 5.24. The lowest BCUT2D eigenvalue weighted by Crippen LogP contribution is -2.53. The summed E-state index contributed by atoms with van der Waals surface area (Å²) in [7, 11) is 1.96. The molecule has 31 heavy (non-hydrogen) atoms. The predicted molar refractivity (Wildman–Crippen MR) is 110 cm³/mol. The molecule has 0 radical (unpaired) electrons. The number of carbonyl (C=O) groups is 1. The van der Waals surface area contributed by atoms with Gasteiger partial charge in [0.1, 0.15) is 5.60 Å². The number of nitrogens with one attached hydrogen (secondary N) is 1. The van der Waals surface area contributed by atoms with Gasteiger partial charge in [-0.3, -0.25) is 4.79 Å². The van der Waals surface area contributed by atoms with Gasteiger partial charge in [0.2, 0.25) is 0 Å². The van der Waals surface area contributed by atoms with E-state index in [1.165, 1.54) is 12.1 Å². The molecule has 1 heterocycles. The lowest BCUT2D eigenvalue weighted by atomic mass is 9.76. The van der Waals surface area contributed by atoms with Crippen molar-refractivity contribution in [2.75, 3.05) is 25.5 Å². The fourth-order valence-corrected chi connectivity index (χ4v) is 4.00. The van der Waals surface area contributed by atoms with Crippen LogP contribution in [0, 0.1) is 17.2 Å². The number of nitrogens with zero attached hydrogens (tertiary/aromatic N) is 2. The molecule has 1 atom stereocenters. The zero-order chi connectivity index (χ0) is 22.6. The lowest BCUT2D eigenvalue weighted by molar-refractivity contribution is -0.142. The van der Waals surface area contributed by atoms with Crippen molar-refractivity contribution >= 4 is 11.6 Å².